The molecule has 2 atom stereocenters. The van der Waals surface area contributed by atoms with Crippen molar-refractivity contribution in [3.63, 3.8) is 0 Å². The highest BCUT2D eigenvalue weighted by molar-refractivity contribution is 7.99. The number of carboxylic acid groups (broad SMARTS) is 2. The fraction of sp³-hybridized carbons (Fsp3) is 0.667. The monoisotopic (exact) mass is 265 g/mol. The van der Waals surface area contributed by atoms with Gasteiger partial charge in [0.25, 0.3) is 5.91 Å². The Bertz CT molecular complexity index is 317. The number of hydrogen-bond donors (Lipinski definition) is 4. The molecule has 2 unspecified atom stereocenters. The molecule has 0 bridgehead atoms. The quantitative estimate of drug-likeness (QED) is 0.442. The molecular formula is C9H15NO6S. The summed E-state index contributed by atoms with van der Waals surface area (Å²) in [6.45, 7) is 2.61. The summed E-state index contributed by atoms with van der Waals surface area (Å²) in [5.41, 5.74) is -2.63. The molecular weight excluding hydrogens is 250 g/mol. The van der Waals surface area contributed by atoms with E-state index in [1.807, 2.05) is 12.2 Å². The summed E-state index contributed by atoms with van der Waals surface area (Å²) in [5.74, 6) is -3.49. The number of carbonyl (C=O) groups excluding carboxylic acids is 1. The van der Waals surface area contributed by atoms with Gasteiger partial charge >= 0.3 is 11.9 Å². The maximum Gasteiger partial charge on any atom is 0.345 e. The maximum atomic E-state index is 11.4. The predicted molar refractivity (Wildman–Crippen MR) is 60.8 cm³/mol. The number of amides is 1. The zero-order valence-corrected chi connectivity index (χ0v) is 10.3. The van der Waals surface area contributed by atoms with Crippen LogP contribution in [0.25, 0.3) is 0 Å². The molecule has 0 saturated heterocycles. The highest BCUT2D eigenvalue weighted by atomic mass is 32.2. The average molecular weight is 265 g/mol. The second-order valence-electron chi connectivity index (χ2n) is 3.40. The molecule has 0 spiro atoms. The fourth-order valence-corrected chi connectivity index (χ4v) is 1.50. The molecule has 0 fully saturated rings. The van der Waals surface area contributed by atoms with Crippen LogP contribution in [0, 0.1) is 0 Å². The molecule has 4 N–H and O–H groups in total. The summed E-state index contributed by atoms with van der Waals surface area (Å²) in [5, 5.41) is 28.7. The van der Waals surface area contributed by atoms with Crippen molar-refractivity contribution in [3.05, 3.63) is 0 Å². The first-order chi connectivity index (χ1) is 7.73. The van der Waals surface area contributed by atoms with Gasteiger partial charge in [-0.25, -0.2) is 9.59 Å². The second-order valence-corrected chi connectivity index (χ2v) is 4.72. The van der Waals surface area contributed by atoms with Gasteiger partial charge in [0.05, 0.1) is 0 Å². The topological polar surface area (TPSA) is 124 Å². The SMILES string of the molecule is CCSCC(NC(=O)C(C)(O)C(=O)O)C(=O)O. The lowest BCUT2D eigenvalue weighted by Gasteiger charge is -2.20. The van der Waals surface area contributed by atoms with Gasteiger partial charge in [0.2, 0.25) is 5.60 Å². The Balaban J connectivity index is 4.61. The van der Waals surface area contributed by atoms with Crippen LogP contribution in [-0.4, -0.2) is 56.3 Å². The molecule has 0 aromatic carbocycles. The van der Waals surface area contributed by atoms with E-state index in [0.29, 0.717) is 5.75 Å². The molecule has 0 aliphatic heterocycles. The Kier molecular flexibility index (Phi) is 5.97. The Hall–Kier alpha value is -1.28. The van der Waals surface area contributed by atoms with Crippen LogP contribution < -0.4 is 5.32 Å². The molecule has 0 radical (unpaired) electrons. The van der Waals surface area contributed by atoms with E-state index in [-0.39, 0.29) is 5.75 Å². The molecule has 7 nitrogen and oxygen atoms in total. The van der Waals surface area contributed by atoms with Gasteiger partial charge in [-0.3, -0.25) is 4.79 Å². The van der Waals surface area contributed by atoms with E-state index in [9.17, 15) is 19.5 Å². The lowest BCUT2D eigenvalue weighted by Crippen LogP contribution is -2.55. The van der Waals surface area contributed by atoms with Gasteiger partial charge in [0.15, 0.2) is 0 Å². The van der Waals surface area contributed by atoms with E-state index < -0.39 is 29.5 Å². The summed E-state index contributed by atoms with van der Waals surface area (Å²) in [6.07, 6.45) is 0. The number of aliphatic carboxylic acids is 2. The number of nitrogens with one attached hydrogen (secondary N) is 1. The van der Waals surface area contributed by atoms with Crippen LogP contribution >= 0.6 is 11.8 Å². The third-order valence-corrected chi connectivity index (χ3v) is 2.93. The molecule has 0 heterocycles. The van der Waals surface area contributed by atoms with Crippen molar-refractivity contribution in [2.45, 2.75) is 25.5 Å². The van der Waals surface area contributed by atoms with E-state index >= 15 is 0 Å². The van der Waals surface area contributed by atoms with Crippen LogP contribution in [0.3, 0.4) is 0 Å². The zero-order chi connectivity index (χ0) is 13.6. The summed E-state index contributed by atoms with van der Waals surface area (Å²) in [7, 11) is 0. The van der Waals surface area contributed by atoms with Gasteiger partial charge < -0.3 is 20.6 Å². The van der Waals surface area contributed by atoms with Crippen LogP contribution in [0.1, 0.15) is 13.8 Å². The first kappa shape index (κ1) is 15.7. The summed E-state index contributed by atoms with van der Waals surface area (Å²) >= 11 is 1.28. The van der Waals surface area contributed by atoms with E-state index in [0.717, 1.165) is 6.92 Å². The van der Waals surface area contributed by atoms with Crippen LogP contribution in [0.5, 0.6) is 0 Å². The molecule has 8 heteroatoms. The van der Waals surface area contributed by atoms with Crippen LogP contribution in [0.4, 0.5) is 0 Å². The Labute approximate surface area is 102 Å². The van der Waals surface area contributed by atoms with Crippen LogP contribution in [0.15, 0.2) is 0 Å². The standard InChI is InChI=1S/C9H15NO6S/c1-3-17-4-5(6(11)12)10-7(13)9(2,16)8(14)15/h5,16H,3-4H2,1-2H3,(H,10,13)(H,11,12)(H,14,15). The largest absolute Gasteiger partial charge is 0.480 e. The fourth-order valence-electron chi connectivity index (χ4n) is 0.806. The first-order valence-corrected chi connectivity index (χ1v) is 5.96. The van der Waals surface area contributed by atoms with Crippen molar-refractivity contribution in [2.24, 2.45) is 0 Å². The molecule has 0 rings (SSSR count). The highest BCUT2D eigenvalue weighted by Crippen LogP contribution is 2.07. The Morgan fingerprint density at radius 3 is 2.24 bits per heavy atom. The minimum Gasteiger partial charge on any atom is -0.480 e. The number of carboxylic acids is 2. The number of aliphatic hydroxyl groups is 1. The van der Waals surface area contributed by atoms with E-state index in [1.165, 1.54) is 11.8 Å². The van der Waals surface area contributed by atoms with Crippen molar-refractivity contribution in [2.75, 3.05) is 11.5 Å². The van der Waals surface area contributed by atoms with E-state index in [1.54, 1.807) is 0 Å². The van der Waals surface area contributed by atoms with Crippen LogP contribution in [0.2, 0.25) is 0 Å². The van der Waals surface area contributed by atoms with Gasteiger partial charge in [-0.2, -0.15) is 11.8 Å². The smallest absolute Gasteiger partial charge is 0.345 e. The zero-order valence-electron chi connectivity index (χ0n) is 9.47. The minimum absolute atomic E-state index is 0.104. The lowest BCUT2D eigenvalue weighted by atomic mass is 10.1. The molecule has 17 heavy (non-hydrogen) atoms. The molecule has 0 aliphatic rings. The molecule has 0 aromatic rings. The molecule has 0 saturated carbocycles. The van der Waals surface area contributed by atoms with Crippen molar-refractivity contribution < 1.29 is 29.7 Å². The Morgan fingerprint density at radius 2 is 1.88 bits per heavy atom. The second kappa shape index (κ2) is 6.45. The van der Waals surface area contributed by atoms with Gasteiger partial charge in [0.1, 0.15) is 6.04 Å². The van der Waals surface area contributed by atoms with Crippen LogP contribution in [-0.2, 0) is 14.4 Å². The summed E-state index contributed by atoms with van der Waals surface area (Å²) in [4.78, 5) is 32.7. The summed E-state index contributed by atoms with van der Waals surface area (Å²) < 4.78 is 0. The number of rotatable bonds is 7. The molecule has 0 aliphatic carbocycles. The van der Waals surface area contributed by atoms with Gasteiger partial charge in [0, 0.05) is 5.75 Å². The van der Waals surface area contributed by atoms with Crippen molar-refractivity contribution >= 4 is 29.6 Å². The predicted octanol–water partition coefficient (Wildman–Crippen LogP) is -0.855. The first-order valence-electron chi connectivity index (χ1n) is 4.80. The van der Waals surface area contributed by atoms with Gasteiger partial charge in [-0.15, -0.1) is 0 Å². The lowest BCUT2D eigenvalue weighted by molar-refractivity contribution is -0.165. The number of carbonyl (C=O) groups is 3. The van der Waals surface area contributed by atoms with Crippen molar-refractivity contribution in [1.82, 2.24) is 5.32 Å². The number of hydrogen-bond acceptors (Lipinski definition) is 5. The van der Waals surface area contributed by atoms with Gasteiger partial charge in [-0.05, 0) is 12.7 Å². The molecule has 0 aromatic heterocycles. The third-order valence-electron chi connectivity index (χ3n) is 1.95. The van der Waals surface area contributed by atoms with E-state index in [2.05, 4.69) is 0 Å². The van der Waals surface area contributed by atoms with Crippen molar-refractivity contribution in [1.29, 1.82) is 0 Å². The molecule has 98 valence electrons. The van der Waals surface area contributed by atoms with Crippen molar-refractivity contribution in [3.8, 4) is 0 Å². The molecule has 1 amide bonds. The third kappa shape index (κ3) is 4.61. The summed E-state index contributed by atoms with van der Waals surface area (Å²) in [6, 6.07) is -1.22. The van der Waals surface area contributed by atoms with Gasteiger partial charge in [-0.1, -0.05) is 6.92 Å². The van der Waals surface area contributed by atoms with E-state index in [4.69, 9.17) is 10.2 Å². The maximum absolute atomic E-state index is 11.4. The minimum atomic E-state index is -2.63. The normalized spacial score (nSPS) is 15.7. The number of thioether (sulfide) groups is 1. The Morgan fingerprint density at radius 1 is 1.35 bits per heavy atom. The highest BCUT2D eigenvalue weighted by Gasteiger charge is 2.40. The average Bonchev–Trinajstić information content (AvgIpc) is 2.22.